The highest BCUT2D eigenvalue weighted by Crippen LogP contribution is 2.26. The number of pyridine rings is 1. The van der Waals surface area contributed by atoms with E-state index in [0.717, 1.165) is 17.7 Å². The minimum Gasteiger partial charge on any atom is -0.306 e. The van der Waals surface area contributed by atoms with Crippen LogP contribution >= 0.6 is 11.6 Å². The molecule has 1 atom stereocenters. The van der Waals surface area contributed by atoms with Crippen molar-refractivity contribution in [1.29, 1.82) is 0 Å². The Kier molecular flexibility index (Phi) is 4.51. The summed E-state index contributed by atoms with van der Waals surface area (Å²) in [4.78, 5) is 4.17. The summed E-state index contributed by atoms with van der Waals surface area (Å²) >= 11 is 5.80. The van der Waals surface area contributed by atoms with Gasteiger partial charge in [0.25, 0.3) is 0 Å². The molecule has 1 aromatic carbocycles. The number of nitrogens with one attached hydrogen (secondary N) is 1. The molecule has 2 nitrogen and oxygen atoms in total. The van der Waals surface area contributed by atoms with Crippen LogP contribution in [0.5, 0.6) is 0 Å². The average molecular weight is 279 g/mol. The first-order valence-electron chi connectivity index (χ1n) is 6.21. The molecule has 0 saturated heterocycles. The van der Waals surface area contributed by atoms with Gasteiger partial charge in [-0.2, -0.15) is 0 Å². The minimum atomic E-state index is -0.306. The zero-order valence-electron chi connectivity index (χ0n) is 11.0. The SMILES string of the molecule is CCNC(c1cncc(C)c1)c1ccc(Cl)cc1F. The number of halogens is 2. The largest absolute Gasteiger partial charge is 0.306 e. The van der Waals surface area contributed by atoms with Gasteiger partial charge in [-0.1, -0.05) is 30.7 Å². The molecule has 0 fully saturated rings. The van der Waals surface area contributed by atoms with Gasteiger partial charge in [-0.3, -0.25) is 4.98 Å². The third-order valence-electron chi connectivity index (χ3n) is 2.91. The van der Waals surface area contributed by atoms with Gasteiger partial charge in [0, 0.05) is 23.0 Å². The van der Waals surface area contributed by atoms with Crippen molar-refractivity contribution in [3.63, 3.8) is 0 Å². The summed E-state index contributed by atoms with van der Waals surface area (Å²) in [5.41, 5.74) is 2.58. The zero-order valence-corrected chi connectivity index (χ0v) is 11.7. The summed E-state index contributed by atoms with van der Waals surface area (Å²) in [6.07, 6.45) is 3.54. The second-order valence-corrected chi connectivity index (χ2v) is 4.89. The topological polar surface area (TPSA) is 24.9 Å². The fourth-order valence-corrected chi connectivity index (χ4v) is 2.24. The molecular formula is C15H16ClFN2. The van der Waals surface area contributed by atoms with E-state index in [0.29, 0.717) is 10.6 Å². The molecular weight excluding hydrogens is 263 g/mol. The van der Waals surface area contributed by atoms with Crippen molar-refractivity contribution in [3.8, 4) is 0 Å². The van der Waals surface area contributed by atoms with Gasteiger partial charge in [0.1, 0.15) is 5.82 Å². The lowest BCUT2D eigenvalue weighted by Crippen LogP contribution is -2.23. The molecule has 1 unspecified atom stereocenters. The van der Waals surface area contributed by atoms with E-state index in [-0.39, 0.29) is 11.9 Å². The van der Waals surface area contributed by atoms with Gasteiger partial charge in [-0.15, -0.1) is 0 Å². The number of benzene rings is 1. The summed E-state index contributed by atoms with van der Waals surface area (Å²) in [6, 6.07) is 6.55. The molecule has 1 aromatic heterocycles. The van der Waals surface area contributed by atoms with Crippen LogP contribution in [-0.2, 0) is 0 Å². The Morgan fingerprint density at radius 3 is 2.74 bits per heavy atom. The normalized spacial score (nSPS) is 12.4. The standard InChI is InChI=1S/C15H16ClFN2/c1-3-19-15(11-6-10(2)8-18-9-11)13-5-4-12(16)7-14(13)17/h4-9,15,19H,3H2,1-2H3. The molecule has 1 N–H and O–H groups in total. The molecule has 1 heterocycles. The number of nitrogens with zero attached hydrogens (tertiary/aromatic N) is 1. The van der Waals surface area contributed by atoms with Crippen molar-refractivity contribution < 1.29 is 4.39 Å². The Labute approximate surface area is 117 Å². The van der Waals surface area contributed by atoms with E-state index in [4.69, 9.17) is 11.6 Å². The molecule has 0 spiro atoms. The summed E-state index contributed by atoms with van der Waals surface area (Å²) < 4.78 is 14.1. The van der Waals surface area contributed by atoms with Crippen molar-refractivity contribution >= 4 is 11.6 Å². The van der Waals surface area contributed by atoms with Gasteiger partial charge >= 0.3 is 0 Å². The van der Waals surface area contributed by atoms with Crippen LogP contribution in [0.3, 0.4) is 0 Å². The fourth-order valence-electron chi connectivity index (χ4n) is 2.08. The van der Waals surface area contributed by atoms with Gasteiger partial charge in [0.05, 0.1) is 6.04 Å². The molecule has 4 heteroatoms. The summed E-state index contributed by atoms with van der Waals surface area (Å²) in [7, 11) is 0. The molecule has 2 aromatic rings. The molecule has 0 aliphatic rings. The first-order chi connectivity index (χ1) is 9.11. The van der Waals surface area contributed by atoms with Crippen molar-refractivity contribution in [2.24, 2.45) is 0 Å². The van der Waals surface area contributed by atoms with E-state index < -0.39 is 0 Å². The van der Waals surface area contributed by atoms with Crippen molar-refractivity contribution in [2.45, 2.75) is 19.9 Å². The molecule has 0 bridgehead atoms. The van der Waals surface area contributed by atoms with Crippen molar-refractivity contribution in [2.75, 3.05) is 6.54 Å². The quantitative estimate of drug-likeness (QED) is 0.918. The van der Waals surface area contributed by atoms with Crippen LogP contribution in [-0.4, -0.2) is 11.5 Å². The summed E-state index contributed by atoms with van der Waals surface area (Å²) in [5.74, 6) is -0.306. The summed E-state index contributed by atoms with van der Waals surface area (Å²) in [6.45, 7) is 4.70. The maximum absolute atomic E-state index is 14.1. The minimum absolute atomic E-state index is 0.213. The van der Waals surface area contributed by atoms with Crippen LogP contribution in [0.25, 0.3) is 0 Å². The van der Waals surface area contributed by atoms with Crippen molar-refractivity contribution in [1.82, 2.24) is 10.3 Å². The second kappa shape index (κ2) is 6.13. The fraction of sp³-hybridized carbons (Fsp3) is 0.267. The Morgan fingerprint density at radius 2 is 2.11 bits per heavy atom. The number of rotatable bonds is 4. The molecule has 0 amide bonds. The van der Waals surface area contributed by atoms with Crippen LogP contribution in [0, 0.1) is 12.7 Å². The van der Waals surface area contributed by atoms with Gasteiger partial charge in [-0.05, 0) is 36.7 Å². The van der Waals surface area contributed by atoms with Gasteiger partial charge in [0.2, 0.25) is 0 Å². The number of hydrogen-bond acceptors (Lipinski definition) is 2. The van der Waals surface area contributed by atoms with E-state index in [2.05, 4.69) is 10.3 Å². The van der Waals surface area contributed by atoms with E-state index >= 15 is 0 Å². The first-order valence-corrected chi connectivity index (χ1v) is 6.59. The lowest BCUT2D eigenvalue weighted by molar-refractivity contribution is 0.558. The summed E-state index contributed by atoms with van der Waals surface area (Å²) in [5, 5.41) is 3.68. The Hall–Kier alpha value is -1.45. The molecule has 0 aliphatic heterocycles. The molecule has 0 aliphatic carbocycles. The highest BCUT2D eigenvalue weighted by Gasteiger charge is 2.17. The monoisotopic (exact) mass is 278 g/mol. The van der Waals surface area contributed by atoms with E-state index in [1.165, 1.54) is 6.07 Å². The highest BCUT2D eigenvalue weighted by molar-refractivity contribution is 6.30. The van der Waals surface area contributed by atoms with Crippen LogP contribution in [0.15, 0.2) is 36.7 Å². The Morgan fingerprint density at radius 1 is 1.32 bits per heavy atom. The molecule has 0 saturated carbocycles. The van der Waals surface area contributed by atoms with E-state index in [1.54, 1.807) is 24.5 Å². The lowest BCUT2D eigenvalue weighted by atomic mass is 9.98. The smallest absolute Gasteiger partial charge is 0.129 e. The Bertz CT molecular complexity index is 572. The lowest BCUT2D eigenvalue weighted by Gasteiger charge is -2.19. The molecule has 0 radical (unpaired) electrons. The molecule has 100 valence electrons. The zero-order chi connectivity index (χ0) is 13.8. The van der Waals surface area contributed by atoms with Crippen LogP contribution in [0.4, 0.5) is 4.39 Å². The van der Waals surface area contributed by atoms with E-state index in [1.807, 2.05) is 19.9 Å². The predicted molar refractivity (Wildman–Crippen MR) is 75.9 cm³/mol. The maximum Gasteiger partial charge on any atom is 0.129 e. The molecule has 2 rings (SSSR count). The number of hydrogen-bond donors (Lipinski definition) is 1. The van der Waals surface area contributed by atoms with Crippen molar-refractivity contribution in [3.05, 3.63) is 64.2 Å². The third-order valence-corrected chi connectivity index (χ3v) is 3.15. The first kappa shape index (κ1) is 14.0. The van der Waals surface area contributed by atoms with E-state index in [9.17, 15) is 4.39 Å². The van der Waals surface area contributed by atoms with Gasteiger partial charge in [0.15, 0.2) is 0 Å². The van der Waals surface area contributed by atoms with Crippen LogP contribution in [0.2, 0.25) is 5.02 Å². The predicted octanol–water partition coefficient (Wildman–Crippen LogP) is 3.88. The number of aromatic nitrogens is 1. The van der Waals surface area contributed by atoms with Crippen LogP contribution in [0.1, 0.15) is 29.7 Å². The maximum atomic E-state index is 14.1. The second-order valence-electron chi connectivity index (χ2n) is 4.45. The average Bonchev–Trinajstić information content (AvgIpc) is 2.37. The third kappa shape index (κ3) is 3.31. The highest BCUT2D eigenvalue weighted by atomic mass is 35.5. The Balaban J connectivity index is 2.45. The van der Waals surface area contributed by atoms with Gasteiger partial charge in [-0.25, -0.2) is 4.39 Å². The molecule has 19 heavy (non-hydrogen) atoms. The van der Waals surface area contributed by atoms with Crippen LogP contribution < -0.4 is 5.32 Å². The van der Waals surface area contributed by atoms with Gasteiger partial charge < -0.3 is 5.32 Å². The number of aryl methyl sites for hydroxylation is 1.